The van der Waals surface area contributed by atoms with Crippen LogP contribution in [0.4, 0.5) is 0 Å². The Bertz CT molecular complexity index is 1130. The number of nitrogens with zero attached hydrogens (tertiary/aromatic N) is 1. The molecule has 2 aliphatic rings. The molecule has 0 spiro atoms. The number of benzene rings is 2. The summed E-state index contributed by atoms with van der Waals surface area (Å²) in [4.78, 5) is 54.9. The highest BCUT2D eigenvalue weighted by Crippen LogP contribution is 2.28. The van der Waals surface area contributed by atoms with Crippen LogP contribution in [-0.2, 0) is 32.0 Å². The quantitative estimate of drug-likeness (QED) is 0.477. The monoisotopic (exact) mass is 517 g/mol. The lowest BCUT2D eigenvalue weighted by molar-refractivity contribution is -0.141. The number of Topliss-reactive ketones (excluding diaryl/α,β-unsaturated/α-hetero) is 2. The van der Waals surface area contributed by atoms with Crippen LogP contribution in [0.25, 0.3) is 0 Å². The summed E-state index contributed by atoms with van der Waals surface area (Å²) < 4.78 is 0. The molecule has 202 valence electrons. The Morgan fingerprint density at radius 2 is 1.61 bits per heavy atom. The maximum absolute atomic E-state index is 13.5. The summed E-state index contributed by atoms with van der Waals surface area (Å²) in [6, 6.07) is 17.7. The summed E-state index contributed by atoms with van der Waals surface area (Å²) in [7, 11) is 0. The van der Waals surface area contributed by atoms with Crippen LogP contribution in [0, 0.1) is 5.41 Å². The summed E-state index contributed by atoms with van der Waals surface area (Å²) in [5.74, 6) is -0.507. The van der Waals surface area contributed by atoms with Crippen molar-refractivity contribution in [3.8, 4) is 0 Å². The molecule has 0 radical (unpaired) electrons. The molecule has 0 aliphatic carbocycles. The average molecular weight is 518 g/mol. The van der Waals surface area contributed by atoms with Crippen LogP contribution < -0.4 is 10.6 Å². The average Bonchev–Trinajstić information content (AvgIpc) is 3.62. The minimum absolute atomic E-state index is 0.00459. The van der Waals surface area contributed by atoms with Gasteiger partial charge in [-0.05, 0) is 49.8 Å². The molecule has 2 amide bonds. The molecule has 7 nitrogen and oxygen atoms in total. The lowest BCUT2D eigenvalue weighted by Gasteiger charge is -2.30. The highest BCUT2D eigenvalue weighted by molar-refractivity contribution is 5.97. The topological polar surface area (TPSA) is 95.6 Å². The third kappa shape index (κ3) is 6.95. The Labute approximate surface area is 225 Å². The van der Waals surface area contributed by atoms with Gasteiger partial charge in [-0.15, -0.1) is 0 Å². The smallest absolute Gasteiger partial charge is 0.240 e. The van der Waals surface area contributed by atoms with Crippen molar-refractivity contribution in [3.63, 3.8) is 0 Å². The standard InChI is InChI=1S/C31H39N3O4/c1-31(2,21-28(36)26-16-10-18-34(26)29(37)24-15-9-17-32-24)30(38)33-25(19-22-11-5-3-6-12-22)27(35)20-23-13-7-4-8-14-23/h3-8,11-14,24-26,32H,9-10,15-21H2,1-2H3,(H,33,38). The van der Waals surface area contributed by atoms with E-state index in [9.17, 15) is 19.2 Å². The van der Waals surface area contributed by atoms with Crippen molar-refractivity contribution in [1.29, 1.82) is 0 Å². The molecule has 0 saturated carbocycles. The first-order chi connectivity index (χ1) is 18.2. The Kier molecular flexibility index (Phi) is 9.10. The van der Waals surface area contributed by atoms with Gasteiger partial charge in [-0.3, -0.25) is 19.2 Å². The van der Waals surface area contributed by atoms with Crippen molar-refractivity contribution in [2.45, 2.75) is 76.9 Å². The molecule has 0 aromatic heterocycles. The molecule has 2 saturated heterocycles. The molecular formula is C31H39N3O4. The van der Waals surface area contributed by atoms with Gasteiger partial charge in [0.2, 0.25) is 11.8 Å². The molecule has 7 heteroatoms. The molecule has 2 aliphatic heterocycles. The van der Waals surface area contributed by atoms with Gasteiger partial charge in [0.05, 0.1) is 23.5 Å². The molecular weight excluding hydrogens is 478 g/mol. The van der Waals surface area contributed by atoms with E-state index in [1.165, 1.54) is 0 Å². The predicted molar refractivity (Wildman–Crippen MR) is 146 cm³/mol. The van der Waals surface area contributed by atoms with E-state index >= 15 is 0 Å². The van der Waals surface area contributed by atoms with Crippen LogP contribution >= 0.6 is 0 Å². The Balaban J connectivity index is 1.43. The zero-order valence-electron chi connectivity index (χ0n) is 22.4. The van der Waals surface area contributed by atoms with Crippen molar-refractivity contribution in [1.82, 2.24) is 15.5 Å². The SMILES string of the molecule is CC(C)(CC(=O)C1CCCN1C(=O)C1CCCN1)C(=O)NC(Cc1ccccc1)C(=O)Cc1ccccc1. The number of hydrogen-bond acceptors (Lipinski definition) is 5. The predicted octanol–water partition coefficient (Wildman–Crippen LogP) is 3.25. The molecule has 3 unspecified atom stereocenters. The number of amides is 2. The molecule has 2 aromatic rings. The van der Waals surface area contributed by atoms with Gasteiger partial charge in [-0.25, -0.2) is 0 Å². The van der Waals surface area contributed by atoms with Crippen molar-refractivity contribution in [2.75, 3.05) is 13.1 Å². The van der Waals surface area contributed by atoms with E-state index in [2.05, 4.69) is 10.6 Å². The normalized spacial score (nSPS) is 20.2. The molecule has 2 N–H and O–H groups in total. The molecule has 3 atom stereocenters. The van der Waals surface area contributed by atoms with Crippen molar-refractivity contribution in [2.24, 2.45) is 5.41 Å². The molecule has 2 fully saturated rings. The van der Waals surface area contributed by atoms with E-state index in [-0.39, 0.29) is 42.3 Å². The highest BCUT2D eigenvalue weighted by atomic mass is 16.2. The van der Waals surface area contributed by atoms with Crippen LogP contribution in [0.15, 0.2) is 60.7 Å². The van der Waals surface area contributed by atoms with Crippen LogP contribution in [-0.4, -0.2) is 59.5 Å². The van der Waals surface area contributed by atoms with Gasteiger partial charge in [0.1, 0.15) is 0 Å². The zero-order chi connectivity index (χ0) is 27.1. The third-order valence-corrected chi connectivity index (χ3v) is 7.69. The third-order valence-electron chi connectivity index (χ3n) is 7.69. The van der Waals surface area contributed by atoms with Crippen molar-refractivity contribution < 1.29 is 19.2 Å². The first kappa shape index (κ1) is 27.7. The van der Waals surface area contributed by atoms with E-state index < -0.39 is 17.5 Å². The number of nitrogens with one attached hydrogen (secondary N) is 2. The van der Waals surface area contributed by atoms with Gasteiger partial charge >= 0.3 is 0 Å². The van der Waals surface area contributed by atoms with Crippen LogP contribution in [0.5, 0.6) is 0 Å². The van der Waals surface area contributed by atoms with Crippen LogP contribution in [0.3, 0.4) is 0 Å². The second kappa shape index (κ2) is 12.5. The van der Waals surface area contributed by atoms with E-state index in [1.54, 1.807) is 18.7 Å². The van der Waals surface area contributed by atoms with E-state index in [4.69, 9.17) is 0 Å². The van der Waals surface area contributed by atoms with E-state index in [0.717, 1.165) is 36.9 Å². The fourth-order valence-corrected chi connectivity index (χ4v) is 5.46. The summed E-state index contributed by atoms with van der Waals surface area (Å²) in [6.07, 6.45) is 3.77. The summed E-state index contributed by atoms with van der Waals surface area (Å²) in [6.45, 7) is 4.87. The second-order valence-corrected chi connectivity index (χ2v) is 11.2. The van der Waals surface area contributed by atoms with Crippen molar-refractivity contribution in [3.05, 3.63) is 71.8 Å². The molecule has 2 aromatic carbocycles. The van der Waals surface area contributed by atoms with Gasteiger partial charge in [-0.2, -0.15) is 0 Å². The molecule has 4 rings (SSSR count). The second-order valence-electron chi connectivity index (χ2n) is 11.2. The Hall–Kier alpha value is -3.32. The highest BCUT2D eigenvalue weighted by Gasteiger charge is 2.41. The summed E-state index contributed by atoms with van der Waals surface area (Å²) in [5, 5.41) is 6.20. The Morgan fingerprint density at radius 1 is 0.947 bits per heavy atom. The van der Waals surface area contributed by atoms with Crippen LogP contribution in [0.2, 0.25) is 0 Å². The van der Waals surface area contributed by atoms with Crippen LogP contribution in [0.1, 0.15) is 57.1 Å². The van der Waals surface area contributed by atoms with Gasteiger partial charge < -0.3 is 15.5 Å². The minimum atomic E-state index is -1.03. The van der Waals surface area contributed by atoms with Gasteiger partial charge in [0, 0.05) is 19.4 Å². The van der Waals surface area contributed by atoms with Crippen molar-refractivity contribution >= 4 is 23.4 Å². The number of carbonyl (C=O) groups is 4. The first-order valence-electron chi connectivity index (χ1n) is 13.7. The zero-order valence-corrected chi connectivity index (χ0v) is 22.4. The largest absolute Gasteiger partial charge is 0.345 e. The molecule has 2 heterocycles. The number of hydrogen-bond donors (Lipinski definition) is 2. The van der Waals surface area contributed by atoms with Gasteiger partial charge in [0.15, 0.2) is 11.6 Å². The van der Waals surface area contributed by atoms with Gasteiger partial charge in [0.25, 0.3) is 0 Å². The lowest BCUT2D eigenvalue weighted by atomic mass is 9.83. The summed E-state index contributed by atoms with van der Waals surface area (Å²) in [5.41, 5.74) is 0.817. The number of rotatable bonds is 11. The first-order valence-corrected chi connectivity index (χ1v) is 13.7. The molecule has 38 heavy (non-hydrogen) atoms. The van der Waals surface area contributed by atoms with E-state index in [0.29, 0.717) is 19.4 Å². The van der Waals surface area contributed by atoms with Gasteiger partial charge in [-0.1, -0.05) is 74.5 Å². The lowest BCUT2D eigenvalue weighted by Crippen LogP contribution is -2.51. The van der Waals surface area contributed by atoms with E-state index in [1.807, 2.05) is 60.7 Å². The number of carbonyl (C=O) groups excluding carboxylic acids is 4. The maximum Gasteiger partial charge on any atom is 0.240 e. The number of likely N-dealkylation sites (tertiary alicyclic amines) is 1. The fourth-order valence-electron chi connectivity index (χ4n) is 5.46. The number of ketones is 2. The summed E-state index contributed by atoms with van der Waals surface area (Å²) >= 11 is 0. The molecule has 0 bridgehead atoms. The Morgan fingerprint density at radius 3 is 2.24 bits per heavy atom. The minimum Gasteiger partial charge on any atom is -0.345 e. The maximum atomic E-state index is 13.5. The fraction of sp³-hybridized carbons (Fsp3) is 0.484.